The lowest BCUT2D eigenvalue weighted by Crippen LogP contribution is -2.49. The molecule has 0 radical (unpaired) electrons. The Morgan fingerprint density at radius 2 is 1.81 bits per heavy atom. The molecule has 7 heteroatoms. The number of nitrogens with one attached hydrogen (secondary N) is 1. The van der Waals surface area contributed by atoms with Crippen LogP contribution >= 0.6 is 12.6 Å². The van der Waals surface area contributed by atoms with E-state index in [4.69, 9.17) is 4.74 Å². The molecule has 1 rings (SSSR count). The van der Waals surface area contributed by atoms with Gasteiger partial charge in [0, 0.05) is 24.5 Å². The Morgan fingerprint density at radius 1 is 1.23 bits per heavy atom. The van der Waals surface area contributed by atoms with Crippen LogP contribution < -0.4 is 10.2 Å². The molecule has 1 aromatic rings. The number of carboxylic acid groups (broad SMARTS) is 1. The fraction of sp³-hybridized carbons (Fsp3) is 0.579. The Balaban J connectivity index is 2.58. The second-order valence-electron chi connectivity index (χ2n) is 6.76. The molecule has 1 aromatic carbocycles. The monoisotopic (exact) mass is 382 g/mol. The van der Waals surface area contributed by atoms with Crippen molar-refractivity contribution in [1.29, 1.82) is 0 Å². The van der Waals surface area contributed by atoms with Crippen LogP contribution in [0.15, 0.2) is 24.3 Å². The molecule has 1 amide bonds. The van der Waals surface area contributed by atoms with Crippen LogP contribution in [-0.2, 0) is 20.9 Å². The highest BCUT2D eigenvalue weighted by molar-refractivity contribution is 7.80. The van der Waals surface area contributed by atoms with Crippen LogP contribution in [0.1, 0.15) is 33.3 Å². The highest BCUT2D eigenvalue weighted by atomic mass is 32.1. The van der Waals surface area contributed by atoms with Crippen LogP contribution in [0.5, 0.6) is 0 Å². The Morgan fingerprint density at radius 3 is 2.27 bits per heavy atom. The topological polar surface area (TPSA) is 78.9 Å². The summed E-state index contributed by atoms with van der Waals surface area (Å²) in [6, 6.07) is 6.89. The largest absolute Gasteiger partial charge is 0.480 e. The molecule has 1 atom stereocenters. The lowest BCUT2D eigenvalue weighted by molar-refractivity contribution is -0.145. The van der Waals surface area contributed by atoms with E-state index in [0.29, 0.717) is 5.75 Å². The van der Waals surface area contributed by atoms with E-state index in [2.05, 4.69) is 36.7 Å². The van der Waals surface area contributed by atoms with Gasteiger partial charge in [-0.3, -0.25) is 4.79 Å². The lowest BCUT2D eigenvalue weighted by atomic mass is 9.95. The minimum atomic E-state index is -1.12. The van der Waals surface area contributed by atoms with Gasteiger partial charge >= 0.3 is 5.97 Å². The Kier molecular flexibility index (Phi) is 8.95. The van der Waals surface area contributed by atoms with Gasteiger partial charge in [0.15, 0.2) is 6.04 Å². The number of carbonyl (C=O) groups is 2. The fourth-order valence-corrected chi connectivity index (χ4v) is 2.43. The number of nitrogens with zero attached hydrogens (tertiary/aromatic N) is 1. The molecule has 0 aliphatic heterocycles. The lowest BCUT2D eigenvalue weighted by Gasteiger charge is -2.24. The summed E-state index contributed by atoms with van der Waals surface area (Å²) in [7, 11) is 0. The number of aliphatic carboxylic acids is 1. The Bertz CT molecular complexity index is 586. The van der Waals surface area contributed by atoms with Gasteiger partial charge in [-0.15, -0.1) is 0 Å². The first-order chi connectivity index (χ1) is 12.2. The molecule has 6 nitrogen and oxygen atoms in total. The van der Waals surface area contributed by atoms with E-state index in [1.807, 2.05) is 24.3 Å². The van der Waals surface area contributed by atoms with E-state index in [-0.39, 0.29) is 19.1 Å². The van der Waals surface area contributed by atoms with Crippen molar-refractivity contribution in [2.45, 2.75) is 40.3 Å². The third kappa shape index (κ3) is 6.53. The van der Waals surface area contributed by atoms with Gasteiger partial charge in [-0.1, -0.05) is 26.0 Å². The average Bonchev–Trinajstić information content (AvgIpc) is 2.62. The maximum atomic E-state index is 12.1. The molecular formula is C19H30N2O4S. The van der Waals surface area contributed by atoms with Gasteiger partial charge in [0.2, 0.25) is 5.91 Å². The molecule has 146 valence electrons. The van der Waals surface area contributed by atoms with E-state index >= 15 is 0 Å². The summed E-state index contributed by atoms with van der Waals surface area (Å²) >= 11 is 4.13. The molecule has 0 saturated heterocycles. The van der Waals surface area contributed by atoms with Crippen molar-refractivity contribution in [2.75, 3.05) is 30.3 Å². The number of amides is 1. The third-order valence-electron chi connectivity index (χ3n) is 4.23. The zero-order valence-electron chi connectivity index (χ0n) is 16.0. The second-order valence-corrected chi connectivity index (χ2v) is 7.08. The molecule has 0 spiro atoms. The number of thiol groups is 1. The number of benzene rings is 1. The van der Waals surface area contributed by atoms with Crippen LogP contribution in [-0.4, -0.2) is 48.5 Å². The normalized spacial score (nSPS) is 12.5. The van der Waals surface area contributed by atoms with E-state index in [0.717, 1.165) is 24.3 Å². The summed E-state index contributed by atoms with van der Waals surface area (Å²) in [5, 5.41) is 11.8. The predicted octanol–water partition coefficient (Wildman–Crippen LogP) is 2.57. The number of ether oxygens (including phenoxy) is 1. The van der Waals surface area contributed by atoms with Crippen molar-refractivity contribution in [3.63, 3.8) is 0 Å². The van der Waals surface area contributed by atoms with Gasteiger partial charge < -0.3 is 20.1 Å². The molecule has 26 heavy (non-hydrogen) atoms. The molecule has 0 bridgehead atoms. The molecule has 0 aromatic heterocycles. The van der Waals surface area contributed by atoms with Gasteiger partial charge in [-0.25, -0.2) is 4.79 Å². The summed E-state index contributed by atoms with van der Waals surface area (Å²) < 4.78 is 5.52. The zero-order chi connectivity index (χ0) is 19.7. The number of carboxylic acids is 1. The number of hydrogen-bond acceptors (Lipinski definition) is 5. The third-order valence-corrected chi connectivity index (χ3v) is 5.02. The molecule has 0 aliphatic rings. The summed E-state index contributed by atoms with van der Waals surface area (Å²) in [4.78, 5) is 25.7. The molecule has 1 unspecified atom stereocenters. The summed E-state index contributed by atoms with van der Waals surface area (Å²) in [5.74, 6) is -1.15. The van der Waals surface area contributed by atoms with Crippen molar-refractivity contribution < 1.29 is 19.4 Å². The highest BCUT2D eigenvalue weighted by Crippen LogP contribution is 2.17. The number of carbonyl (C=O) groups excluding carboxylic acids is 1. The highest BCUT2D eigenvalue weighted by Gasteiger charge is 2.30. The van der Waals surface area contributed by atoms with Crippen molar-refractivity contribution in [2.24, 2.45) is 5.41 Å². The average molecular weight is 383 g/mol. The zero-order valence-corrected chi connectivity index (χ0v) is 16.9. The molecular weight excluding hydrogens is 352 g/mol. The maximum absolute atomic E-state index is 12.1. The van der Waals surface area contributed by atoms with Gasteiger partial charge in [-0.2, -0.15) is 12.6 Å². The number of anilines is 1. The van der Waals surface area contributed by atoms with Gasteiger partial charge in [-0.05, 0) is 31.5 Å². The van der Waals surface area contributed by atoms with E-state index < -0.39 is 17.4 Å². The standard InChI is InChI=1S/C19H30N2O4S/c1-5-21(6-2)15-9-7-14(8-10-15)11-25-12-16(17(22)23)20-18(24)19(3,4)13-26/h7-10,16,26H,5-6,11-13H2,1-4H3,(H,20,24)(H,22,23). The predicted molar refractivity (Wildman–Crippen MR) is 107 cm³/mol. The van der Waals surface area contributed by atoms with Crippen molar-refractivity contribution in [1.82, 2.24) is 5.32 Å². The van der Waals surface area contributed by atoms with Crippen LogP contribution in [0.4, 0.5) is 5.69 Å². The second kappa shape index (κ2) is 10.4. The first-order valence-electron chi connectivity index (χ1n) is 8.81. The van der Waals surface area contributed by atoms with E-state index in [1.54, 1.807) is 13.8 Å². The molecule has 0 saturated carbocycles. The number of hydrogen-bond donors (Lipinski definition) is 3. The minimum Gasteiger partial charge on any atom is -0.480 e. The van der Waals surface area contributed by atoms with Crippen LogP contribution in [0.25, 0.3) is 0 Å². The minimum absolute atomic E-state index is 0.0957. The van der Waals surface area contributed by atoms with E-state index in [1.165, 1.54) is 0 Å². The fourth-order valence-electron chi connectivity index (χ4n) is 2.29. The first-order valence-corrected chi connectivity index (χ1v) is 9.44. The Labute approximate surface area is 161 Å². The quantitative estimate of drug-likeness (QED) is 0.513. The Hall–Kier alpha value is -1.73. The first kappa shape index (κ1) is 22.3. The molecule has 0 aliphatic carbocycles. The molecule has 0 fully saturated rings. The van der Waals surface area contributed by atoms with Crippen LogP contribution in [0.2, 0.25) is 0 Å². The summed E-state index contributed by atoms with van der Waals surface area (Å²) in [6.07, 6.45) is 0. The van der Waals surface area contributed by atoms with Crippen LogP contribution in [0, 0.1) is 5.41 Å². The van der Waals surface area contributed by atoms with Crippen molar-refractivity contribution in [3.8, 4) is 0 Å². The van der Waals surface area contributed by atoms with Crippen molar-refractivity contribution in [3.05, 3.63) is 29.8 Å². The van der Waals surface area contributed by atoms with E-state index in [9.17, 15) is 14.7 Å². The summed E-state index contributed by atoms with van der Waals surface area (Å²) in [5.41, 5.74) is 1.35. The van der Waals surface area contributed by atoms with Gasteiger partial charge in [0.1, 0.15) is 0 Å². The summed E-state index contributed by atoms with van der Waals surface area (Å²) in [6.45, 7) is 9.71. The number of rotatable bonds is 11. The van der Waals surface area contributed by atoms with Crippen molar-refractivity contribution >= 4 is 30.2 Å². The SMILES string of the molecule is CCN(CC)c1ccc(COCC(NC(=O)C(C)(C)CS)C(=O)O)cc1. The smallest absolute Gasteiger partial charge is 0.328 e. The van der Waals surface area contributed by atoms with Gasteiger partial charge in [0.25, 0.3) is 0 Å². The molecule has 2 N–H and O–H groups in total. The maximum Gasteiger partial charge on any atom is 0.328 e. The van der Waals surface area contributed by atoms with Gasteiger partial charge in [0.05, 0.1) is 18.6 Å². The molecule has 0 heterocycles. The van der Waals surface area contributed by atoms with Crippen LogP contribution in [0.3, 0.4) is 0 Å².